The molecule has 1 aliphatic rings. The molecule has 2 amide bonds. The lowest BCUT2D eigenvalue weighted by Gasteiger charge is -2.31. The van der Waals surface area contributed by atoms with Crippen LogP contribution in [0.1, 0.15) is 39.5 Å². The van der Waals surface area contributed by atoms with E-state index in [1.807, 2.05) is 18.7 Å². The fourth-order valence-corrected chi connectivity index (χ4v) is 2.92. The fraction of sp³-hybridized carbons (Fsp3) is 0.579. The summed E-state index contributed by atoms with van der Waals surface area (Å²) in [5.41, 5.74) is 0. The number of nitrogens with zero attached hydrogens (tertiary/aromatic N) is 1. The van der Waals surface area contributed by atoms with Gasteiger partial charge in [-0.2, -0.15) is 0 Å². The average Bonchev–Trinajstić information content (AvgIpc) is 2.58. The average molecular weight is 350 g/mol. The lowest BCUT2D eigenvalue weighted by molar-refractivity contribution is -0.136. The highest BCUT2D eigenvalue weighted by Gasteiger charge is 2.27. The molecule has 5 nitrogen and oxygen atoms in total. The van der Waals surface area contributed by atoms with E-state index in [1.165, 1.54) is 12.1 Å². The Morgan fingerprint density at radius 2 is 2.04 bits per heavy atom. The Hall–Kier alpha value is -2.11. The molecule has 1 heterocycles. The molecule has 0 spiro atoms. The van der Waals surface area contributed by atoms with Crippen molar-refractivity contribution in [3.63, 3.8) is 0 Å². The lowest BCUT2D eigenvalue weighted by atomic mass is 9.95. The third-order valence-electron chi connectivity index (χ3n) is 4.25. The molecule has 0 aliphatic carbocycles. The number of amides is 2. The van der Waals surface area contributed by atoms with E-state index in [1.54, 1.807) is 12.1 Å². The second-order valence-electron chi connectivity index (χ2n) is 6.73. The lowest BCUT2D eigenvalue weighted by Crippen LogP contribution is -2.44. The number of likely N-dealkylation sites (tertiary alicyclic amines) is 1. The number of hydrogen-bond donors (Lipinski definition) is 1. The van der Waals surface area contributed by atoms with Crippen molar-refractivity contribution < 1.29 is 18.7 Å². The summed E-state index contributed by atoms with van der Waals surface area (Å²) in [6, 6.07) is 6.12. The standard InChI is InChI=1S/C19H27FN2O3/c1-14(2)21-19(24)15-8-10-22(11-9-15)18(23)7-4-12-25-17-6-3-5-16(20)13-17/h3,5-6,13-15H,4,7-12H2,1-2H3,(H,21,24). The third kappa shape index (κ3) is 6.36. The smallest absolute Gasteiger partial charge is 0.223 e. The van der Waals surface area contributed by atoms with Crippen LogP contribution in [-0.2, 0) is 9.59 Å². The number of carbonyl (C=O) groups is 2. The minimum Gasteiger partial charge on any atom is -0.493 e. The van der Waals surface area contributed by atoms with E-state index in [9.17, 15) is 14.0 Å². The summed E-state index contributed by atoms with van der Waals surface area (Å²) in [6.07, 6.45) is 2.41. The van der Waals surface area contributed by atoms with Crippen molar-refractivity contribution >= 4 is 11.8 Å². The van der Waals surface area contributed by atoms with Gasteiger partial charge < -0.3 is 15.0 Å². The molecule has 0 aromatic heterocycles. The second kappa shape index (κ2) is 9.39. The predicted octanol–water partition coefficient (Wildman–Crippen LogP) is 2.75. The van der Waals surface area contributed by atoms with Gasteiger partial charge in [-0.15, -0.1) is 0 Å². The van der Waals surface area contributed by atoms with Crippen LogP contribution in [0.5, 0.6) is 5.75 Å². The summed E-state index contributed by atoms with van der Waals surface area (Å²) in [7, 11) is 0. The zero-order valence-corrected chi connectivity index (χ0v) is 15.0. The van der Waals surface area contributed by atoms with Crippen LogP contribution in [0, 0.1) is 11.7 Å². The first-order valence-electron chi connectivity index (χ1n) is 8.92. The Balaban J connectivity index is 1.64. The van der Waals surface area contributed by atoms with E-state index in [-0.39, 0.29) is 29.6 Å². The van der Waals surface area contributed by atoms with Crippen LogP contribution in [-0.4, -0.2) is 42.5 Å². The molecule has 1 N–H and O–H groups in total. The molecule has 0 bridgehead atoms. The Bertz CT molecular complexity index is 584. The first kappa shape index (κ1) is 19.2. The van der Waals surface area contributed by atoms with Crippen molar-refractivity contribution in [2.24, 2.45) is 5.92 Å². The van der Waals surface area contributed by atoms with Crippen molar-refractivity contribution in [1.29, 1.82) is 0 Å². The Morgan fingerprint density at radius 1 is 1.32 bits per heavy atom. The van der Waals surface area contributed by atoms with Gasteiger partial charge in [-0.05, 0) is 45.2 Å². The summed E-state index contributed by atoms with van der Waals surface area (Å²) in [5.74, 6) is 0.321. The summed E-state index contributed by atoms with van der Waals surface area (Å²) in [4.78, 5) is 26.0. The van der Waals surface area contributed by atoms with Crippen molar-refractivity contribution in [3.05, 3.63) is 30.1 Å². The van der Waals surface area contributed by atoms with Crippen LogP contribution < -0.4 is 10.1 Å². The molecule has 138 valence electrons. The molecule has 1 aromatic carbocycles. The normalized spacial score (nSPS) is 15.3. The first-order chi connectivity index (χ1) is 12.0. The van der Waals surface area contributed by atoms with E-state index < -0.39 is 0 Å². The van der Waals surface area contributed by atoms with Gasteiger partial charge in [-0.1, -0.05) is 6.07 Å². The number of nitrogens with one attached hydrogen (secondary N) is 1. The van der Waals surface area contributed by atoms with E-state index in [0.717, 1.165) is 0 Å². The van der Waals surface area contributed by atoms with Gasteiger partial charge in [0, 0.05) is 37.5 Å². The molecule has 25 heavy (non-hydrogen) atoms. The van der Waals surface area contributed by atoms with E-state index in [0.29, 0.717) is 51.1 Å². The molecule has 1 aromatic rings. The highest BCUT2D eigenvalue weighted by atomic mass is 19.1. The monoisotopic (exact) mass is 350 g/mol. The Kier molecular flexibility index (Phi) is 7.22. The molecule has 1 aliphatic heterocycles. The minimum atomic E-state index is -0.335. The number of benzene rings is 1. The number of piperidine rings is 1. The maximum atomic E-state index is 13.0. The zero-order chi connectivity index (χ0) is 18.2. The van der Waals surface area contributed by atoms with Crippen LogP contribution in [0.3, 0.4) is 0 Å². The van der Waals surface area contributed by atoms with Crippen LogP contribution >= 0.6 is 0 Å². The number of rotatable bonds is 7. The SMILES string of the molecule is CC(C)NC(=O)C1CCN(C(=O)CCCOc2cccc(F)c2)CC1. The molecule has 2 rings (SSSR count). The quantitative estimate of drug-likeness (QED) is 0.769. The van der Waals surface area contributed by atoms with Crippen molar-refractivity contribution in [2.45, 2.75) is 45.6 Å². The summed E-state index contributed by atoms with van der Waals surface area (Å²) < 4.78 is 18.5. The van der Waals surface area contributed by atoms with Gasteiger partial charge >= 0.3 is 0 Å². The third-order valence-corrected chi connectivity index (χ3v) is 4.25. The van der Waals surface area contributed by atoms with Gasteiger partial charge in [0.1, 0.15) is 11.6 Å². The highest BCUT2D eigenvalue weighted by Crippen LogP contribution is 2.19. The van der Waals surface area contributed by atoms with Crippen molar-refractivity contribution in [1.82, 2.24) is 10.2 Å². The molecule has 0 atom stereocenters. The van der Waals surface area contributed by atoms with Crippen LogP contribution in [0.25, 0.3) is 0 Å². The van der Waals surface area contributed by atoms with Gasteiger partial charge in [-0.25, -0.2) is 4.39 Å². The molecule has 1 saturated heterocycles. The van der Waals surface area contributed by atoms with Gasteiger partial charge in [0.15, 0.2) is 0 Å². The number of hydrogen-bond acceptors (Lipinski definition) is 3. The molecule has 6 heteroatoms. The van der Waals surface area contributed by atoms with Gasteiger partial charge in [-0.3, -0.25) is 9.59 Å². The topological polar surface area (TPSA) is 58.6 Å². The van der Waals surface area contributed by atoms with E-state index in [2.05, 4.69) is 5.32 Å². The molecular weight excluding hydrogens is 323 g/mol. The molecule has 0 radical (unpaired) electrons. The van der Waals surface area contributed by atoms with Gasteiger partial charge in [0.2, 0.25) is 11.8 Å². The number of halogens is 1. The number of ether oxygens (including phenoxy) is 1. The van der Waals surface area contributed by atoms with E-state index in [4.69, 9.17) is 4.74 Å². The predicted molar refractivity (Wildman–Crippen MR) is 93.7 cm³/mol. The molecular formula is C19H27FN2O3. The highest BCUT2D eigenvalue weighted by molar-refractivity contribution is 5.80. The van der Waals surface area contributed by atoms with Crippen LogP contribution in [0.2, 0.25) is 0 Å². The van der Waals surface area contributed by atoms with E-state index >= 15 is 0 Å². The summed E-state index contributed by atoms with van der Waals surface area (Å²) in [5, 5.41) is 2.93. The summed E-state index contributed by atoms with van der Waals surface area (Å²) >= 11 is 0. The van der Waals surface area contributed by atoms with Crippen LogP contribution in [0.15, 0.2) is 24.3 Å². The zero-order valence-electron chi connectivity index (χ0n) is 15.0. The molecule has 0 unspecified atom stereocenters. The maximum Gasteiger partial charge on any atom is 0.223 e. The largest absolute Gasteiger partial charge is 0.493 e. The molecule has 1 fully saturated rings. The minimum absolute atomic E-state index is 0.00256. The fourth-order valence-electron chi connectivity index (χ4n) is 2.92. The van der Waals surface area contributed by atoms with Crippen molar-refractivity contribution in [2.75, 3.05) is 19.7 Å². The summed E-state index contributed by atoms with van der Waals surface area (Å²) in [6.45, 7) is 5.52. The molecule has 0 saturated carbocycles. The maximum absolute atomic E-state index is 13.0. The van der Waals surface area contributed by atoms with Gasteiger partial charge in [0.25, 0.3) is 0 Å². The Labute approximate surface area is 148 Å². The number of carbonyl (C=O) groups excluding carboxylic acids is 2. The van der Waals surface area contributed by atoms with Crippen LogP contribution in [0.4, 0.5) is 4.39 Å². The van der Waals surface area contributed by atoms with Crippen molar-refractivity contribution in [3.8, 4) is 5.75 Å². The second-order valence-corrected chi connectivity index (χ2v) is 6.73. The first-order valence-corrected chi connectivity index (χ1v) is 8.92. The Morgan fingerprint density at radius 3 is 2.68 bits per heavy atom. The van der Waals surface area contributed by atoms with Gasteiger partial charge in [0.05, 0.1) is 6.61 Å².